The Hall–Kier alpha value is -1.95. The van der Waals surface area contributed by atoms with Crippen molar-refractivity contribution >= 4 is 23.3 Å². The predicted octanol–water partition coefficient (Wildman–Crippen LogP) is 1.67. The molecule has 118 valence electrons. The molecule has 1 atom stereocenters. The lowest BCUT2D eigenvalue weighted by molar-refractivity contribution is -0.121. The Labute approximate surface area is 129 Å². The van der Waals surface area contributed by atoms with Crippen LogP contribution in [0.15, 0.2) is 12.3 Å². The van der Waals surface area contributed by atoms with Gasteiger partial charge in [-0.1, -0.05) is 0 Å². The molecule has 22 heavy (non-hydrogen) atoms. The van der Waals surface area contributed by atoms with Crippen LogP contribution in [0.25, 0.3) is 0 Å². The van der Waals surface area contributed by atoms with Crippen molar-refractivity contribution in [1.29, 1.82) is 0 Å². The van der Waals surface area contributed by atoms with Crippen LogP contribution in [0.5, 0.6) is 0 Å². The van der Waals surface area contributed by atoms with Crippen molar-refractivity contribution in [2.75, 3.05) is 10.6 Å². The summed E-state index contributed by atoms with van der Waals surface area (Å²) in [7, 11) is 0. The van der Waals surface area contributed by atoms with E-state index in [4.69, 9.17) is 5.73 Å². The summed E-state index contributed by atoms with van der Waals surface area (Å²) >= 11 is 0. The molecule has 1 fully saturated rings. The molecule has 4 N–H and O–H groups in total. The molecule has 1 saturated carbocycles. The van der Waals surface area contributed by atoms with Crippen molar-refractivity contribution in [3.63, 3.8) is 0 Å². The summed E-state index contributed by atoms with van der Waals surface area (Å²) in [6, 6.07) is 1.95. The van der Waals surface area contributed by atoms with Gasteiger partial charge in [0.2, 0.25) is 11.8 Å². The van der Waals surface area contributed by atoms with Crippen LogP contribution in [0, 0.1) is 11.8 Å². The van der Waals surface area contributed by atoms with Gasteiger partial charge in [-0.25, -0.2) is 4.98 Å². The lowest BCUT2D eigenvalue weighted by Gasteiger charge is -2.30. The minimum absolute atomic E-state index is 0.0314. The standard InChI is InChI=1S/C16H22N4O2/c1-9(17)10-2-4-11(5-3-10)16(22)19-13-6-7-18-15-12(13)8-14(21)20-15/h6-7,9-11H,2-5,8,17H2,1H3,(H2,18,19,20,21,22)/t9?,10-,11-. The summed E-state index contributed by atoms with van der Waals surface area (Å²) in [5.74, 6) is 1.07. The highest BCUT2D eigenvalue weighted by atomic mass is 16.2. The second-order valence-electron chi connectivity index (χ2n) is 6.37. The first-order chi connectivity index (χ1) is 10.5. The minimum Gasteiger partial charge on any atom is -0.328 e. The molecule has 1 aliphatic heterocycles. The first-order valence-electron chi connectivity index (χ1n) is 7.88. The number of hydrogen-bond donors (Lipinski definition) is 3. The second-order valence-corrected chi connectivity index (χ2v) is 6.37. The summed E-state index contributed by atoms with van der Waals surface area (Å²) < 4.78 is 0. The Balaban J connectivity index is 1.64. The fourth-order valence-corrected chi connectivity index (χ4v) is 3.37. The zero-order valence-electron chi connectivity index (χ0n) is 12.8. The summed E-state index contributed by atoms with van der Waals surface area (Å²) in [5, 5.41) is 5.67. The number of nitrogens with two attached hydrogens (primary N) is 1. The summed E-state index contributed by atoms with van der Waals surface area (Å²) in [4.78, 5) is 28.0. The number of anilines is 2. The third-order valence-corrected chi connectivity index (χ3v) is 4.80. The normalized spacial score (nSPS) is 25.3. The van der Waals surface area contributed by atoms with E-state index >= 15 is 0 Å². The Bertz CT molecular complexity index is 592. The molecule has 3 rings (SSSR count). The molecule has 1 aromatic rings. The number of rotatable bonds is 3. The van der Waals surface area contributed by atoms with E-state index in [-0.39, 0.29) is 30.2 Å². The number of nitrogens with one attached hydrogen (secondary N) is 2. The van der Waals surface area contributed by atoms with Crippen molar-refractivity contribution in [2.45, 2.75) is 45.1 Å². The van der Waals surface area contributed by atoms with Crippen LogP contribution < -0.4 is 16.4 Å². The molecular weight excluding hydrogens is 280 g/mol. The molecule has 2 aliphatic rings. The number of carbonyl (C=O) groups excluding carboxylic acids is 2. The maximum Gasteiger partial charge on any atom is 0.230 e. The number of amides is 2. The number of nitrogens with zero attached hydrogens (tertiary/aromatic N) is 1. The highest BCUT2D eigenvalue weighted by Crippen LogP contribution is 2.32. The van der Waals surface area contributed by atoms with Gasteiger partial charge in [0.25, 0.3) is 0 Å². The van der Waals surface area contributed by atoms with Gasteiger partial charge in [-0.15, -0.1) is 0 Å². The lowest BCUT2D eigenvalue weighted by atomic mass is 9.79. The first-order valence-corrected chi connectivity index (χ1v) is 7.88. The molecule has 1 unspecified atom stereocenters. The van der Waals surface area contributed by atoms with Crippen molar-refractivity contribution in [1.82, 2.24) is 4.98 Å². The molecule has 1 aliphatic carbocycles. The quantitative estimate of drug-likeness (QED) is 0.791. The van der Waals surface area contributed by atoms with Crippen molar-refractivity contribution in [3.8, 4) is 0 Å². The molecule has 2 heterocycles. The van der Waals surface area contributed by atoms with Crippen LogP contribution in [0.3, 0.4) is 0 Å². The van der Waals surface area contributed by atoms with Crippen LogP contribution >= 0.6 is 0 Å². The maximum absolute atomic E-state index is 12.5. The number of carbonyl (C=O) groups is 2. The topological polar surface area (TPSA) is 97.1 Å². The van der Waals surface area contributed by atoms with Gasteiger partial charge < -0.3 is 16.4 Å². The van der Waals surface area contributed by atoms with Crippen LogP contribution in [-0.2, 0) is 16.0 Å². The average molecular weight is 302 g/mol. The number of aromatic nitrogens is 1. The Kier molecular flexibility index (Phi) is 4.11. The van der Waals surface area contributed by atoms with E-state index in [1.165, 1.54) is 0 Å². The molecule has 2 amide bonds. The maximum atomic E-state index is 12.5. The van der Waals surface area contributed by atoms with E-state index in [0.29, 0.717) is 17.4 Å². The first kappa shape index (κ1) is 15.0. The molecular formula is C16H22N4O2. The SMILES string of the molecule is CC(N)[C@H]1CC[C@H](C(=O)Nc2ccnc3c2CC(=O)N3)CC1. The van der Waals surface area contributed by atoms with Crippen LogP contribution in [0.2, 0.25) is 0 Å². The minimum atomic E-state index is -0.0818. The van der Waals surface area contributed by atoms with E-state index in [2.05, 4.69) is 15.6 Å². The fourth-order valence-electron chi connectivity index (χ4n) is 3.37. The summed E-state index contributed by atoms with van der Waals surface area (Å²) in [6.45, 7) is 2.04. The number of fused-ring (bicyclic) bond motifs is 1. The van der Waals surface area contributed by atoms with Gasteiger partial charge in [0.1, 0.15) is 5.82 Å². The van der Waals surface area contributed by atoms with Crippen molar-refractivity contribution < 1.29 is 9.59 Å². The zero-order chi connectivity index (χ0) is 15.7. The van der Waals surface area contributed by atoms with E-state index in [1.807, 2.05) is 6.92 Å². The summed E-state index contributed by atoms with van der Waals surface area (Å²) in [5.41, 5.74) is 7.42. The predicted molar refractivity (Wildman–Crippen MR) is 84.3 cm³/mol. The van der Waals surface area contributed by atoms with Crippen molar-refractivity contribution in [3.05, 3.63) is 17.8 Å². The van der Waals surface area contributed by atoms with Crippen LogP contribution in [0.4, 0.5) is 11.5 Å². The highest BCUT2D eigenvalue weighted by molar-refractivity contribution is 6.02. The third-order valence-electron chi connectivity index (χ3n) is 4.80. The lowest BCUT2D eigenvalue weighted by Crippen LogP contribution is -2.33. The Morgan fingerprint density at radius 1 is 1.41 bits per heavy atom. The fraction of sp³-hybridized carbons (Fsp3) is 0.562. The molecule has 6 heteroatoms. The largest absolute Gasteiger partial charge is 0.328 e. The molecule has 0 radical (unpaired) electrons. The molecule has 6 nitrogen and oxygen atoms in total. The molecule has 0 spiro atoms. The molecule has 0 aromatic carbocycles. The van der Waals surface area contributed by atoms with E-state index in [1.54, 1.807) is 12.3 Å². The summed E-state index contributed by atoms with van der Waals surface area (Å²) in [6.07, 6.45) is 5.64. The van der Waals surface area contributed by atoms with Gasteiger partial charge in [-0.3, -0.25) is 9.59 Å². The third kappa shape index (κ3) is 2.97. The van der Waals surface area contributed by atoms with Crippen LogP contribution in [0.1, 0.15) is 38.2 Å². The van der Waals surface area contributed by atoms with Gasteiger partial charge in [-0.2, -0.15) is 0 Å². The molecule has 1 aromatic heterocycles. The van der Waals surface area contributed by atoms with E-state index < -0.39 is 0 Å². The van der Waals surface area contributed by atoms with Gasteiger partial charge in [0.05, 0.1) is 6.42 Å². The molecule has 0 saturated heterocycles. The zero-order valence-corrected chi connectivity index (χ0v) is 12.8. The number of hydrogen-bond acceptors (Lipinski definition) is 4. The van der Waals surface area contributed by atoms with Gasteiger partial charge in [0, 0.05) is 29.4 Å². The van der Waals surface area contributed by atoms with Crippen molar-refractivity contribution in [2.24, 2.45) is 17.6 Å². The highest BCUT2D eigenvalue weighted by Gasteiger charge is 2.29. The van der Waals surface area contributed by atoms with Gasteiger partial charge >= 0.3 is 0 Å². The monoisotopic (exact) mass is 302 g/mol. The van der Waals surface area contributed by atoms with Gasteiger partial charge in [0.15, 0.2) is 0 Å². The van der Waals surface area contributed by atoms with Crippen LogP contribution in [-0.4, -0.2) is 22.8 Å². The Morgan fingerprint density at radius 2 is 2.14 bits per heavy atom. The average Bonchev–Trinajstić information content (AvgIpc) is 2.88. The smallest absolute Gasteiger partial charge is 0.230 e. The molecule has 0 bridgehead atoms. The van der Waals surface area contributed by atoms with E-state index in [9.17, 15) is 9.59 Å². The second kappa shape index (κ2) is 6.04. The van der Waals surface area contributed by atoms with Gasteiger partial charge in [-0.05, 0) is 44.6 Å². The Morgan fingerprint density at radius 3 is 2.82 bits per heavy atom. The number of pyridine rings is 1. The van der Waals surface area contributed by atoms with E-state index in [0.717, 1.165) is 31.2 Å².